The van der Waals surface area contributed by atoms with E-state index in [1.807, 2.05) is 0 Å². The molecule has 1 aromatic carbocycles. The van der Waals surface area contributed by atoms with Crippen molar-refractivity contribution in [1.82, 2.24) is 4.90 Å². The number of rotatable bonds is 2. The molecule has 0 radical (unpaired) electrons. The van der Waals surface area contributed by atoms with Crippen molar-refractivity contribution in [3.8, 4) is 0 Å². The van der Waals surface area contributed by atoms with Gasteiger partial charge in [-0.05, 0) is 30.9 Å². The third-order valence-corrected chi connectivity index (χ3v) is 2.94. The average molecular weight is 249 g/mol. The Morgan fingerprint density at radius 3 is 2.18 bits per heavy atom. The molecule has 0 aliphatic carbocycles. The highest BCUT2D eigenvalue weighted by atomic mass is 32.1. The number of thiocarbonyl (C=S) groups is 1. The molecule has 92 valence electrons. The van der Waals surface area contributed by atoms with Crippen molar-refractivity contribution >= 4 is 23.1 Å². The molecule has 0 amide bonds. The van der Waals surface area contributed by atoms with E-state index in [9.17, 15) is 0 Å². The number of isothiocyanates is 1. The van der Waals surface area contributed by atoms with Gasteiger partial charge >= 0.3 is 0 Å². The van der Waals surface area contributed by atoms with Crippen molar-refractivity contribution in [3.05, 3.63) is 30.3 Å². The van der Waals surface area contributed by atoms with E-state index < -0.39 is 0 Å². The summed E-state index contributed by atoms with van der Waals surface area (Å²) >= 11 is 3.81. The molecule has 1 aliphatic heterocycles. The van der Waals surface area contributed by atoms with E-state index in [2.05, 4.69) is 59.3 Å². The van der Waals surface area contributed by atoms with Crippen LogP contribution in [-0.2, 0) is 0 Å². The Labute approximate surface area is 109 Å². The smallest absolute Gasteiger partial charge is 0.0554 e. The van der Waals surface area contributed by atoms with E-state index >= 15 is 0 Å². The van der Waals surface area contributed by atoms with Crippen LogP contribution >= 0.6 is 12.2 Å². The lowest BCUT2D eigenvalue weighted by Crippen LogP contribution is -2.46. The molecule has 1 aromatic rings. The Balaban J connectivity index is 0.000000437. The van der Waals surface area contributed by atoms with E-state index in [1.165, 1.54) is 25.3 Å². The van der Waals surface area contributed by atoms with Gasteiger partial charge in [0.2, 0.25) is 0 Å². The van der Waals surface area contributed by atoms with Gasteiger partial charge < -0.3 is 9.80 Å². The second-order valence-corrected chi connectivity index (χ2v) is 4.06. The molecule has 0 saturated carbocycles. The lowest BCUT2D eigenvalue weighted by atomic mass is 10.2. The second-order valence-electron chi connectivity index (χ2n) is 3.86. The van der Waals surface area contributed by atoms with E-state index in [1.54, 1.807) is 5.16 Å². The van der Waals surface area contributed by atoms with E-state index in [-0.39, 0.29) is 0 Å². The summed E-state index contributed by atoms with van der Waals surface area (Å²) in [5.74, 6) is 0. The second kappa shape index (κ2) is 7.96. The number of hydrogen-bond donors (Lipinski definition) is 1. The quantitative estimate of drug-likeness (QED) is 0.645. The highest BCUT2D eigenvalue weighted by Crippen LogP contribution is 2.14. The highest BCUT2D eigenvalue weighted by molar-refractivity contribution is 7.78. The highest BCUT2D eigenvalue weighted by Gasteiger charge is 2.14. The average Bonchev–Trinajstić information content (AvgIpc) is 2.41. The molecular formula is C13H19N3S. The maximum Gasteiger partial charge on any atom is 0.0554 e. The molecule has 17 heavy (non-hydrogen) atoms. The third-order valence-electron chi connectivity index (χ3n) is 2.94. The summed E-state index contributed by atoms with van der Waals surface area (Å²) in [6, 6.07) is 10.7. The number of nitrogens with zero attached hydrogens (tertiary/aromatic N) is 2. The van der Waals surface area contributed by atoms with Crippen molar-refractivity contribution in [2.24, 2.45) is 0 Å². The maximum atomic E-state index is 5.77. The summed E-state index contributed by atoms with van der Waals surface area (Å²) in [6.07, 6.45) is 0. The van der Waals surface area contributed by atoms with Crippen LogP contribution in [0.3, 0.4) is 0 Å². The van der Waals surface area contributed by atoms with Gasteiger partial charge in [-0.1, -0.05) is 25.1 Å². The molecular weight excluding hydrogens is 230 g/mol. The molecule has 1 N–H and O–H groups in total. The molecule has 0 atom stereocenters. The fourth-order valence-corrected chi connectivity index (χ4v) is 1.96. The van der Waals surface area contributed by atoms with Gasteiger partial charge in [0, 0.05) is 31.9 Å². The third kappa shape index (κ3) is 4.65. The number of likely N-dealkylation sites (N-methyl/N-ethyl adjacent to an activating group) is 1. The van der Waals surface area contributed by atoms with Crippen LogP contribution < -0.4 is 4.90 Å². The minimum absolute atomic E-state index is 1.16. The van der Waals surface area contributed by atoms with Gasteiger partial charge in [0.05, 0.1) is 5.16 Å². The van der Waals surface area contributed by atoms with Crippen molar-refractivity contribution in [3.63, 3.8) is 0 Å². The van der Waals surface area contributed by atoms with Gasteiger partial charge in [-0.3, -0.25) is 0 Å². The van der Waals surface area contributed by atoms with Crippen LogP contribution in [0, 0.1) is 5.41 Å². The lowest BCUT2D eigenvalue weighted by Gasteiger charge is -2.35. The number of nitrogens with one attached hydrogen (secondary N) is 1. The Morgan fingerprint density at radius 2 is 1.71 bits per heavy atom. The first-order valence-corrected chi connectivity index (χ1v) is 6.28. The molecule has 1 aliphatic rings. The number of anilines is 1. The van der Waals surface area contributed by atoms with Crippen LogP contribution in [0.1, 0.15) is 6.92 Å². The summed E-state index contributed by atoms with van der Waals surface area (Å²) in [4.78, 5) is 4.96. The zero-order valence-corrected chi connectivity index (χ0v) is 11.0. The molecule has 0 unspecified atom stereocenters. The van der Waals surface area contributed by atoms with E-state index in [0.29, 0.717) is 0 Å². The van der Waals surface area contributed by atoms with Gasteiger partial charge in [-0.2, -0.15) is 0 Å². The Morgan fingerprint density at radius 1 is 1.18 bits per heavy atom. The van der Waals surface area contributed by atoms with Crippen molar-refractivity contribution in [1.29, 1.82) is 5.41 Å². The molecule has 0 aromatic heterocycles. The van der Waals surface area contributed by atoms with Gasteiger partial charge in [-0.25, -0.2) is 5.41 Å². The van der Waals surface area contributed by atoms with Crippen molar-refractivity contribution < 1.29 is 0 Å². The normalized spacial score (nSPS) is 15.7. The number of piperazine rings is 1. The van der Waals surface area contributed by atoms with E-state index in [0.717, 1.165) is 13.1 Å². The summed E-state index contributed by atoms with van der Waals surface area (Å²) in [6.45, 7) is 8.15. The molecule has 3 nitrogen and oxygen atoms in total. The first-order valence-electron chi connectivity index (χ1n) is 5.88. The van der Waals surface area contributed by atoms with Gasteiger partial charge in [0.1, 0.15) is 0 Å². The number of benzene rings is 1. The zero-order valence-electron chi connectivity index (χ0n) is 10.2. The van der Waals surface area contributed by atoms with Crippen LogP contribution in [0.15, 0.2) is 30.3 Å². The Kier molecular flexibility index (Phi) is 6.48. The van der Waals surface area contributed by atoms with Gasteiger partial charge in [0.15, 0.2) is 0 Å². The molecule has 1 fully saturated rings. The maximum absolute atomic E-state index is 5.77. The van der Waals surface area contributed by atoms with Crippen LogP contribution in [0.5, 0.6) is 0 Å². The van der Waals surface area contributed by atoms with Crippen LogP contribution in [0.25, 0.3) is 0 Å². The molecule has 2 rings (SSSR count). The number of hydrogen-bond acceptors (Lipinski definition) is 4. The molecule has 1 heterocycles. The minimum atomic E-state index is 1.16. The first kappa shape index (κ1) is 13.8. The molecule has 0 bridgehead atoms. The Hall–Kier alpha value is -1.22. The molecule has 1 saturated heterocycles. The SMILES string of the molecule is CCN1CCN(c2ccccc2)CC1.N=C=S. The van der Waals surface area contributed by atoms with Crippen LogP contribution in [0.2, 0.25) is 0 Å². The zero-order chi connectivity index (χ0) is 12.5. The fraction of sp³-hybridized carbons (Fsp3) is 0.462. The summed E-state index contributed by atoms with van der Waals surface area (Å²) in [7, 11) is 0. The lowest BCUT2D eigenvalue weighted by molar-refractivity contribution is 0.271. The van der Waals surface area contributed by atoms with Crippen molar-refractivity contribution in [2.75, 3.05) is 37.6 Å². The first-order chi connectivity index (χ1) is 8.31. The Bertz CT molecular complexity index is 339. The summed E-state index contributed by atoms with van der Waals surface area (Å²) in [5.41, 5.74) is 1.36. The predicted octanol–water partition coefficient (Wildman–Crippen LogP) is 2.50. The standard InChI is InChI=1S/C12H18N2.CHNS/c1-2-13-8-10-14(11-9-13)12-6-4-3-5-7-12;2-1-3/h3-7H,2,8-11H2,1H3;2H. The summed E-state index contributed by atoms with van der Waals surface area (Å²) < 4.78 is 0. The minimum Gasteiger partial charge on any atom is -0.369 e. The topological polar surface area (TPSA) is 30.3 Å². The van der Waals surface area contributed by atoms with Crippen LogP contribution in [-0.4, -0.2) is 42.8 Å². The fourth-order valence-electron chi connectivity index (χ4n) is 1.96. The summed E-state index contributed by atoms with van der Waals surface area (Å²) in [5, 5.41) is 7.36. The van der Waals surface area contributed by atoms with E-state index in [4.69, 9.17) is 5.41 Å². The van der Waals surface area contributed by atoms with Crippen LogP contribution in [0.4, 0.5) is 5.69 Å². The number of para-hydroxylation sites is 1. The predicted molar refractivity (Wildman–Crippen MR) is 76.1 cm³/mol. The monoisotopic (exact) mass is 249 g/mol. The van der Waals surface area contributed by atoms with Gasteiger partial charge in [-0.15, -0.1) is 0 Å². The molecule has 4 heteroatoms. The van der Waals surface area contributed by atoms with Crippen molar-refractivity contribution in [2.45, 2.75) is 6.92 Å². The largest absolute Gasteiger partial charge is 0.369 e. The van der Waals surface area contributed by atoms with Gasteiger partial charge in [0.25, 0.3) is 0 Å². The molecule has 0 spiro atoms.